The number of fused-ring (bicyclic) bond motifs is 1. The minimum atomic E-state index is -0.252. The Bertz CT molecular complexity index is 550. The van der Waals surface area contributed by atoms with Crippen molar-refractivity contribution in [3.63, 3.8) is 0 Å². The summed E-state index contributed by atoms with van der Waals surface area (Å²) in [7, 11) is 0. The Morgan fingerprint density at radius 3 is 2.95 bits per heavy atom. The van der Waals surface area contributed by atoms with Crippen molar-refractivity contribution in [2.45, 2.75) is 6.92 Å². The summed E-state index contributed by atoms with van der Waals surface area (Å²) in [6.07, 6.45) is 0. The third kappa shape index (κ3) is 3.54. The van der Waals surface area contributed by atoms with E-state index in [0.717, 1.165) is 4.47 Å². The fraction of sp³-hybridized carbons (Fsp3) is 0.429. The van der Waals surface area contributed by atoms with Crippen LogP contribution in [0.2, 0.25) is 0 Å². The van der Waals surface area contributed by atoms with Gasteiger partial charge in [0.05, 0.1) is 12.3 Å². The van der Waals surface area contributed by atoms with E-state index in [1.807, 2.05) is 6.92 Å². The standard InChI is InChI=1S/C14H17BrN2O4/c1-2-16(5-6-18)13(19)8-17-11-4-3-10(15)7-12(11)21-9-14(17)20/h3-4,7,18H,2,5-6,8-9H2,1H3. The zero-order valence-corrected chi connectivity index (χ0v) is 13.3. The van der Waals surface area contributed by atoms with Crippen LogP contribution in [0.3, 0.4) is 0 Å². The number of amides is 2. The summed E-state index contributed by atoms with van der Waals surface area (Å²) in [5, 5.41) is 8.96. The van der Waals surface area contributed by atoms with Crippen LogP contribution in [-0.4, -0.2) is 54.7 Å². The molecule has 7 heteroatoms. The first-order chi connectivity index (χ1) is 10.1. The largest absolute Gasteiger partial charge is 0.482 e. The summed E-state index contributed by atoms with van der Waals surface area (Å²) in [6, 6.07) is 5.31. The Balaban J connectivity index is 2.20. The molecule has 1 aromatic rings. The highest BCUT2D eigenvalue weighted by atomic mass is 79.9. The lowest BCUT2D eigenvalue weighted by Gasteiger charge is -2.31. The number of hydrogen-bond donors (Lipinski definition) is 1. The van der Waals surface area contributed by atoms with E-state index >= 15 is 0 Å². The molecule has 6 nitrogen and oxygen atoms in total. The monoisotopic (exact) mass is 356 g/mol. The molecule has 0 atom stereocenters. The molecule has 0 bridgehead atoms. The molecule has 114 valence electrons. The highest BCUT2D eigenvalue weighted by Crippen LogP contribution is 2.34. The molecule has 2 amide bonds. The summed E-state index contributed by atoms with van der Waals surface area (Å²) in [6.45, 7) is 2.36. The third-order valence-corrected chi connectivity index (χ3v) is 3.76. The molecule has 0 saturated carbocycles. The van der Waals surface area contributed by atoms with Crippen molar-refractivity contribution in [2.24, 2.45) is 0 Å². The number of carbonyl (C=O) groups is 2. The molecular weight excluding hydrogens is 340 g/mol. The van der Waals surface area contributed by atoms with Crippen LogP contribution in [-0.2, 0) is 9.59 Å². The van der Waals surface area contributed by atoms with Gasteiger partial charge in [0.25, 0.3) is 5.91 Å². The van der Waals surface area contributed by atoms with E-state index in [2.05, 4.69) is 15.9 Å². The number of rotatable bonds is 5. The summed E-state index contributed by atoms with van der Waals surface area (Å²) < 4.78 is 6.22. The first-order valence-electron chi connectivity index (χ1n) is 6.68. The van der Waals surface area contributed by atoms with Gasteiger partial charge >= 0.3 is 0 Å². The minimum absolute atomic E-state index is 0.0509. The number of anilines is 1. The SMILES string of the molecule is CCN(CCO)C(=O)CN1C(=O)COc2cc(Br)ccc21. The predicted octanol–water partition coefficient (Wildman–Crippen LogP) is 1.02. The number of aliphatic hydroxyl groups excluding tert-OH is 1. The maximum absolute atomic E-state index is 12.2. The van der Waals surface area contributed by atoms with Crippen LogP contribution in [0.4, 0.5) is 5.69 Å². The number of carbonyl (C=O) groups excluding carboxylic acids is 2. The molecule has 1 aliphatic rings. The van der Waals surface area contributed by atoms with E-state index in [-0.39, 0.29) is 38.1 Å². The molecule has 1 N–H and O–H groups in total. The molecule has 0 aromatic heterocycles. The van der Waals surface area contributed by atoms with Gasteiger partial charge in [-0.2, -0.15) is 0 Å². The summed E-state index contributed by atoms with van der Waals surface area (Å²) >= 11 is 3.34. The summed E-state index contributed by atoms with van der Waals surface area (Å²) in [4.78, 5) is 27.2. The number of benzene rings is 1. The van der Waals surface area contributed by atoms with Gasteiger partial charge in [-0.05, 0) is 25.1 Å². The number of nitrogens with zero attached hydrogens (tertiary/aromatic N) is 2. The zero-order chi connectivity index (χ0) is 15.4. The summed E-state index contributed by atoms with van der Waals surface area (Å²) in [5.74, 6) is 0.121. The van der Waals surface area contributed by atoms with Crippen molar-refractivity contribution in [1.29, 1.82) is 0 Å². The average Bonchev–Trinajstić information content (AvgIpc) is 2.47. The molecule has 0 spiro atoms. The first kappa shape index (κ1) is 15.8. The van der Waals surface area contributed by atoms with Gasteiger partial charge in [0.2, 0.25) is 5.91 Å². The lowest BCUT2D eigenvalue weighted by atomic mass is 10.2. The Morgan fingerprint density at radius 1 is 1.52 bits per heavy atom. The molecule has 0 aliphatic carbocycles. The number of likely N-dealkylation sites (N-methyl/N-ethyl adjacent to an activating group) is 1. The Labute approximate surface area is 131 Å². The van der Waals surface area contributed by atoms with Gasteiger partial charge in [-0.1, -0.05) is 15.9 Å². The minimum Gasteiger partial charge on any atom is -0.482 e. The van der Waals surface area contributed by atoms with Crippen molar-refractivity contribution >= 4 is 33.4 Å². The predicted molar refractivity (Wildman–Crippen MR) is 81.3 cm³/mol. The van der Waals surface area contributed by atoms with Crippen LogP contribution in [0.15, 0.2) is 22.7 Å². The number of ether oxygens (including phenoxy) is 1. The number of aliphatic hydroxyl groups is 1. The van der Waals surface area contributed by atoms with E-state index in [4.69, 9.17) is 9.84 Å². The fourth-order valence-corrected chi connectivity index (χ4v) is 2.51. The molecule has 2 rings (SSSR count). The van der Waals surface area contributed by atoms with Gasteiger partial charge in [-0.3, -0.25) is 14.5 Å². The molecule has 1 heterocycles. The van der Waals surface area contributed by atoms with Crippen LogP contribution in [0.5, 0.6) is 5.75 Å². The maximum atomic E-state index is 12.2. The highest BCUT2D eigenvalue weighted by Gasteiger charge is 2.28. The second-order valence-corrected chi connectivity index (χ2v) is 5.49. The summed E-state index contributed by atoms with van der Waals surface area (Å²) in [5.41, 5.74) is 0.586. The number of hydrogen-bond acceptors (Lipinski definition) is 4. The van der Waals surface area contributed by atoms with Crippen molar-refractivity contribution in [1.82, 2.24) is 4.90 Å². The molecule has 0 saturated heterocycles. The van der Waals surface area contributed by atoms with Gasteiger partial charge in [0.15, 0.2) is 6.61 Å². The van der Waals surface area contributed by atoms with E-state index in [1.54, 1.807) is 18.2 Å². The van der Waals surface area contributed by atoms with Crippen LogP contribution in [0.1, 0.15) is 6.92 Å². The van der Waals surface area contributed by atoms with Crippen LogP contribution < -0.4 is 9.64 Å². The van der Waals surface area contributed by atoms with E-state index in [1.165, 1.54) is 9.80 Å². The van der Waals surface area contributed by atoms with Crippen molar-refractivity contribution in [3.8, 4) is 5.75 Å². The Kier molecular flexibility index (Phi) is 5.19. The van der Waals surface area contributed by atoms with Gasteiger partial charge in [0, 0.05) is 17.6 Å². The van der Waals surface area contributed by atoms with Crippen LogP contribution in [0.25, 0.3) is 0 Å². The molecule has 0 fully saturated rings. The van der Waals surface area contributed by atoms with Gasteiger partial charge in [0.1, 0.15) is 12.3 Å². The van der Waals surface area contributed by atoms with E-state index in [9.17, 15) is 9.59 Å². The third-order valence-electron chi connectivity index (χ3n) is 3.26. The quantitative estimate of drug-likeness (QED) is 0.854. The topological polar surface area (TPSA) is 70.1 Å². The Hall–Kier alpha value is -1.60. The second kappa shape index (κ2) is 6.91. The normalized spacial score (nSPS) is 13.7. The molecule has 1 aromatic carbocycles. The van der Waals surface area contributed by atoms with Crippen molar-refractivity contribution in [2.75, 3.05) is 37.7 Å². The molecule has 0 unspecified atom stereocenters. The average molecular weight is 357 g/mol. The van der Waals surface area contributed by atoms with Crippen LogP contribution in [0, 0.1) is 0 Å². The highest BCUT2D eigenvalue weighted by molar-refractivity contribution is 9.10. The van der Waals surface area contributed by atoms with Crippen molar-refractivity contribution in [3.05, 3.63) is 22.7 Å². The maximum Gasteiger partial charge on any atom is 0.265 e. The van der Waals surface area contributed by atoms with Gasteiger partial charge in [-0.15, -0.1) is 0 Å². The lowest BCUT2D eigenvalue weighted by Crippen LogP contribution is -2.47. The van der Waals surface area contributed by atoms with Gasteiger partial charge in [-0.25, -0.2) is 0 Å². The van der Waals surface area contributed by atoms with E-state index < -0.39 is 0 Å². The van der Waals surface area contributed by atoms with E-state index in [0.29, 0.717) is 18.0 Å². The van der Waals surface area contributed by atoms with Crippen molar-refractivity contribution < 1.29 is 19.4 Å². The zero-order valence-electron chi connectivity index (χ0n) is 11.7. The number of halogens is 1. The molecule has 21 heavy (non-hydrogen) atoms. The lowest BCUT2D eigenvalue weighted by molar-refractivity contribution is -0.132. The Morgan fingerprint density at radius 2 is 2.29 bits per heavy atom. The fourth-order valence-electron chi connectivity index (χ4n) is 2.17. The second-order valence-electron chi connectivity index (χ2n) is 4.58. The van der Waals surface area contributed by atoms with Gasteiger partial charge < -0.3 is 14.7 Å². The smallest absolute Gasteiger partial charge is 0.265 e. The van der Waals surface area contributed by atoms with Crippen LogP contribution >= 0.6 is 15.9 Å². The first-order valence-corrected chi connectivity index (χ1v) is 7.47. The molecule has 0 radical (unpaired) electrons. The molecule has 1 aliphatic heterocycles. The molecular formula is C14H17BrN2O4.